The van der Waals surface area contributed by atoms with Gasteiger partial charge in [0.2, 0.25) is 0 Å². The van der Waals surface area contributed by atoms with Crippen LogP contribution in [0.3, 0.4) is 0 Å². The molecule has 0 saturated carbocycles. The number of carbonyl (C=O) groups excluding carboxylic acids is 2. The number of hydrogen-bond donors (Lipinski definition) is 1. The number of esters is 1. The Bertz CT molecular complexity index is 600. The fraction of sp³-hybridized carbons (Fsp3) is 0.704. The highest BCUT2D eigenvalue weighted by Gasteiger charge is 2.06. The van der Waals surface area contributed by atoms with Crippen LogP contribution in [0.5, 0.6) is 0 Å². The van der Waals surface area contributed by atoms with Gasteiger partial charge < -0.3 is 14.8 Å². The highest BCUT2D eigenvalue weighted by atomic mass is 16.6. The molecule has 0 heterocycles. The lowest BCUT2D eigenvalue weighted by atomic mass is 10.0. The lowest BCUT2D eigenvalue weighted by Crippen LogP contribution is -2.11. The summed E-state index contributed by atoms with van der Waals surface area (Å²) in [5, 5.41) is 3.41. The molecule has 0 spiro atoms. The first-order valence-corrected chi connectivity index (χ1v) is 12.8. The van der Waals surface area contributed by atoms with E-state index in [0.717, 1.165) is 44.3 Å². The van der Waals surface area contributed by atoms with E-state index in [1.54, 1.807) is 12.1 Å². The monoisotopic (exact) mass is 447 g/mol. The van der Waals surface area contributed by atoms with Crippen LogP contribution in [0.4, 0.5) is 5.69 Å². The molecule has 0 aliphatic heterocycles. The molecule has 1 aromatic rings. The Balaban J connectivity index is 1.95. The summed E-state index contributed by atoms with van der Waals surface area (Å²) in [4.78, 5) is 23.7. The normalized spacial score (nSPS) is 10.8. The Labute approximate surface area is 195 Å². The van der Waals surface area contributed by atoms with E-state index in [9.17, 15) is 9.59 Å². The summed E-state index contributed by atoms with van der Waals surface area (Å²) in [6.07, 6.45) is 14.7. The van der Waals surface area contributed by atoms with Crippen molar-refractivity contribution in [3.63, 3.8) is 0 Å². The maximum absolute atomic E-state index is 11.9. The highest BCUT2D eigenvalue weighted by Crippen LogP contribution is 2.13. The molecule has 182 valence electrons. The van der Waals surface area contributed by atoms with Crippen LogP contribution in [0.25, 0.3) is 0 Å². The number of Topliss-reactive ketones (excluding diaryl/α,β-unsaturated/α-hetero) is 1. The molecular formula is C27H45NO4. The van der Waals surface area contributed by atoms with Crippen molar-refractivity contribution in [3.8, 4) is 0 Å². The summed E-state index contributed by atoms with van der Waals surface area (Å²) < 4.78 is 10.3. The predicted octanol–water partition coefficient (Wildman–Crippen LogP) is 6.95. The van der Waals surface area contributed by atoms with Gasteiger partial charge in [0.25, 0.3) is 0 Å². The number of ether oxygens (including phenoxy) is 2. The van der Waals surface area contributed by atoms with Crippen LogP contribution in [0.2, 0.25) is 0 Å². The zero-order valence-electron chi connectivity index (χ0n) is 20.5. The quantitative estimate of drug-likeness (QED) is 0.163. The van der Waals surface area contributed by atoms with Crippen LogP contribution in [-0.4, -0.2) is 38.1 Å². The van der Waals surface area contributed by atoms with Crippen LogP contribution < -0.4 is 5.32 Å². The van der Waals surface area contributed by atoms with Crippen molar-refractivity contribution in [3.05, 3.63) is 29.8 Å². The van der Waals surface area contributed by atoms with Crippen molar-refractivity contribution in [2.75, 3.05) is 31.7 Å². The topological polar surface area (TPSA) is 64.6 Å². The Hall–Kier alpha value is -1.88. The average Bonchev–Trinajstić information content (AvgIpc) is 2.80. The second-order valence-corrected chi connectivity index (χ2v) is 8.41. The van der Waals surface area contributed by atoms with E-state index in [4.69, 9.17) is 9.47 Å². The third kappa shape index (κ3) is 15.0. The predicted molar refractivity (Wildman–Crippen MR) is 132 cm³/mol. The van der Waals surface area contributed by atoms with Gasteiger partial charge >= 0.3 is 5.97 Å². The van der Waals surface area contributed by atoms with Crippen molar-refractivity contribution >= 4 is 17.4 Å². The number of unbranched alkanes of at least 4 members (excludes halogenated alkanes) is 9. The minimum atomic E-state index is -0.310. The van der Waals surface area contributed by atoms with Gasteiger partial charge in [0.15, 0.2) is 0 Å². The van der Waals surface area contributed by atoms with Gasteiger partial charge in [-0.3, -0.25) is 4.79 Å². The minimum Gasteiger partial charge on any atom is -0.460 e. The maximum atomic E-state index is 11.9. The third-order valence-corrected chi connectivity index (χ3v) is 5.56. The third-order valence-electron chi connectivity index (χ3n) is 5.56. The number of anilines is 1. The first-order valence-electron chi connectivity index (χ1n) is 12.8. The molecule has 5 nitrogen and oxygen atoms in total. The van der Waals surface area contributed by atoms with Crippen LogP contribution >= 0.6 is 0 Å². The molecule has 0 aliphatic rings. The largest absolute Gasteiger partial charge is 0.460 e. The number of benzene rings is 1. The molecule has 0 saturated heterocycles. The molecule has 1 N–H and O–H groups in total. The second kappa shape index (κ2) is 19.8. The summed E-state index contributed by atoms with van der Waals surface area (Å²) in [6.45, 7) is 6.37. The van der Waals surface area contributed by atoms with E-state index in [1.165, 1.54) is 51.4 Å². The van der Waals surface area contributed by atoms with Crippen molar-refractivity contribution in [1.82, 2.24) is 0 Å². The summed E-state index contributed by atoms with van der Waals surface area (Å²) in [5.41, 5.74) is 1.59. The molecule has 0 radical (unpaired) electrons. The van der Waals surface area contributed by atoms with Gasteiger partial charge in [-0.15, -0.1) is 0 Å². The van der Waals surface area contributed by atoms with Crippen LogP contribution in [0, 0.1) is 0 Å². The molecule has 0 aliphatic carbocycles. The molecule has 0 fully saturated rings. The zero-order chi connectivity index (χ0) is 23.3. The fourth-order valence-corrected chi connectivity index (χ4v) is 3.58. The van der Waals surface area contributed by atoms with E-state index in [1.807, 2.05) is 19.1 Å². The molecule has 0 amide bonds. The SMILES string of the molecule is CCCCCC(=O)CCCCCCCCCCNc1ccc(C(=O)OCCOCC)cc1. The molecule has 1 aromatic carbocycles. The Kier molecular flexibility index (Phi) is 17.4. The van der Waals surface area contributed by atoms with Crippen LogP contribution in [0.1, 0.15) is 108 Å². The fourth-order valence-electron chi connectivity index (χ4n) is 3.58. The number of nitrogens with one attached hydrogen (secondary N) is 1. The van der Waals surface area contributed by atoms with Crippen LogP contribution in [-0.2, 0) is 14.3 Å². The summed E-state index contributed by atoms with van der Waals surface area (Å²) in [6, 6.07) is 7.44. The number of carbonyl (C=O) groups is 2. The van der Waals surface area contributed by atoms with Gasteiger partial charge in [0.05, 0.1) is 12.2 Å². The Morgan fingerprint density at radius 3 is 1.97 bits per heavy atom. The van der Waals surface area contributed by atoms with Gasteiger partial charge in [0, 0.05) is 31.7 Å². The summed E-state index contributed by atoms with van der Waals surface area (Å²) in [7, 11) is 0. The van der Waals surface area contributed by atoms with Crippen LogP contribution in [0.15, 0.2) is 24.3 Å². The Morgan fingerprint density at radius 1 is 0.750 bits per heavy atom. The molecule has 0 atom stereocenters. The first kappa shape index (κ1) is 28.2. The van der Waals surface area contributed by atoms with E-state index in [0.29, 0.717) is 24.6 Å². The first-order chi connectivity index (χ1) is 15.7. The number of rotatable bonds is 21. The van der Waals surface area contributed by atoms with Gasteiger partial charge in [-0.05, 0) is 50.5 Å². The highest BCUT2D eigenvalue weighted by molar-refractivity contribution is 5.89. The van der Waals surface area contributed by atoms with Gasteiger partial charge in [-0.2, -0.15) is 0 Å². The second-order valence-electron chi connectivity index (χ2n) is 8.41. The van der Waals surface area contributed by atoms with E-state index >= 15 is 0 Å². The van der Waals surface area contributed by atoms with Gasteiger partial charge in [0.1, 0.15) is 12.4 Å². The maximum Gasteiger partial charge on any atom is 0.338 e. The number of hydrogen-bond acceptors (Lipinski definition) is 5. The van der Waals surface area contributed by atoms with Crippen molar-refractivity contribution in [1.29, 1.82) is 0 Å². The molecule has 0 aromatic heterocycles. The van der Waals surface area contributed by atoms with Gasteiger partial charge in [-0.25, -0.2) is 4.79 Å². The van der Waals surface area contributed by atoms with Crippen molar-refractivity contribution in [2.45, 2.75) is 97.3 Å². The zero-order valence-corrected chi connectivity index (χ0v) is 20.5. The van der Waals surface area contributed by atoms with Gasteiger partial charge in [-0.1, -0.05) is 58.3 Å². The smallest absolute Gasteiger partial charge is 0.338 e. The molecule has 32 heavy (non-hydrogen) atoms. The Morgan fingerprint density at radius 2 is 1.34 bits per heavy atom. The van der Waals surface area contributed by atoms with E-state index < -0.39 is 0 Å². The lowest BCUT2D eigenvalue weighted by molar-refractivity contribution is -0.119. The molecule has 1 rings (SSSR count). The molecule has 0 unspecified atom stereocenters. The van der Waals surface area contributed by atoms with E-state index in [2.05, 4.69) is 12.2 Å². The number of ketones is 1. The van der Waals surface area contributed by atoms with Crippen molar-refractivity contribution in [2.24, 2.45) is 0 Å². The summed E-state index contributed by atoms with van der Waals surface area (Å²) in [5.74, 6) is 0.146. The standard InChI is InChI=1S/C27H45NO4/c1-3-5-12-15-26(29)16-13-10-8-6-7-9-11-14-21-28-25-19-17-24(18-20-25)27(30)32-23-22-31-4-2/h17-20,28H,3-16,21-23H2,1-2H3. The minimum absolute atomic E-state index is 0.283. The average molecular weight is 448 g/mol. The molecule has 0 bridgehead atoms. The summed E-state index contributed by atoms with van der Waals surface area (Å²) >= 11 is 0. The molecule has 5 heteroatoms. The lowest BCUT2D eigenvalue weighted by Gasteiger charge is -2.08. The van der Waals surface area contributed by atoms with E-state index in [-0.39, 0.29) is 12.6 Å². The molecular weight excluding hydrogens is 402 g/mol. The van der Waals surface area contributed by atoms with Crippen molar-refractivity contribution < 1.29 is 19.1 Å².